The lowest BCUT2D eigenvalue weighted by Gasteiger charge is -2.36. The molecule has 3 rings (SSSR count). The molecule has 7 nitrogen and oxygen atoms in total. The summed E-state index contributed by atoms with van der Waals surface area (Å²) in [5.41, 5.74) is 0.889. The van der Waals surface area contributed by atoms with Gasteiger partial charge in [-0.3, -0.25) is 14.5 Å². The van der Waals surface area contributed by atoms with E-state index in [0.717, 1.165) is 35.3 Å². The van der Waals surface area contributed by atoms with Crippen molar-refractivity contribution in [2.24, 2.45) is 5.92 Å². The molecule has 1 aliphatic heterocycles. The number of benzene rings is 1. The van der Waals surface area contributed by atoms with E-state index in [4.69, 9.17) is 9.47 Å². The average Bonchev–Trinajstić information content (AvgIpc) is 2.87. The Morgan fingerprint density at radius 3 is 2.81 bits per heavy atom. The van der Waals surface area contributed by atoms with Gasteiger partial charge in [-0.2, -0.15) is 0 Å². The monoisotopic (exact) mass is 374 g/mol. The Morgan fingerprint density at radius 1 is 1.33 bits per heavy atom. The summed E-state index contributed by atoms with van der Waals surface area (Å²) in [6, 6.07) is 5.07. The minimum atomic E-state index is -0.866. The Balaban J connectivity index is 1.64. The molecule has 2 atom stereocenters. The summed E-state index contributed by atoms with van der Waals surface area (Å²) in [4.78, 5) is 38.4. The molecule has 27 heavy (non-hydrogen) atoms. The molecule has 0 aromatic heterocycles. The SMILES string of the molecule is COc1ccc(C)cc1COC(=O)CN1C(=O)NC2(CCCCC2C)C1=O. The van der Waals surface area contributed by atoms with Gasteiger partial charge in [0.15, 0.2) is 0 Å². The van der Waals surface area contributed by atoms with Crippen LogP contribution in [-0.4, -0.2) is 42.0 Å². The van der Waals surface area contributed by atoms with Gasteiger partial charge in [0.2, 0.25) is 0 Å². The van der Waals surface area contributed by atoms with Crippen LogP contribution in [0, 0.1) is 12.8 Å². The minimum Gasteiger partial charge on any atom is -0.496 e. The smallest absolute Gasteiger partial charge is 0.326 e. The number of methoxy groups -OCH3 is 1. The van der Waals surface area contributed by atoms with E-state index in [2.05, 4.69) is 5.32 Å². The number of urea groups is 1. The van der Waals surface area contributed by atoms with Crippen LogP contribution in [0.5, 0.6) is 5.75 Å². The normalized spacial score (nSPS) is 24.9. The summed E-state index contributed by atoms with van der Waals surface area (Å²) < 4.78 is 10.6. The summed E-state index contributed by atoms with van der Waals surface area (Å²) in [6.45, 7) is 3.55. The highest BCUT2D eigenvalue weighted by molar-refractivity contribution is 6.08. The van der Waals surface area contributed by atoms with Gasteiger partial charge in [-0.05, 0) is 37.8 Å². The van der Waals surface area contributed by atoms with Crippen molar-refractivity contribution in [2.75, 3.05) is 13.7 Å². The summed E-state index contributed by atoms with van der Waals surface area (Å²) in [5.74, 6) is -0.258. The van der Waals surface area contributed by atoms with E-state index in [-0.39, 0.29) is 25.0 Å². The molecule has 2 unspecified atom stereocenters. The van der Waals surface area contributed by atoms with E-state index in [1.165, 1.54) is 0 Å². The van der Waals surface area contributed by atoms with Crippen molar-refractivity contribution in [3.8, 4) is 5.75 Å². The molecule has 1 heterocycles. The first kappa shape index (κ1) is 19.2. The molecule has 1 aromatic carbocycles. The fourth-order valence-corrected chi connectivity index (χ4v) is 3.99. The highest BCUT2D eigenvalue weighted by Gasteiger charge is 2.55. The molecule has 3 amide bonds. The Hall–Kier alpha value is -2.57. The second kappa shape index (κ2) is 7.58. The molecule has 2 aliphatic rings. The summed E-state index contributed by atoms with van der Waals surface area (Å²) in [5, 5.41) is 2.83. The molecule has 146 valence electrons. The van der Waals surface area contributed by atoms with Crippen molar-refractivity contribution >= 4 is 17.9 Å². The summed E-state index contributed by atoms with van der Waals surface area (Å²) in [6.07, 6.45) is 3.44. The van der Waals surface area contributed by atoms with E-state index in [1.807, 2.05) is 32.0 Å². The molecule has 1 saturated heterocycles. The number of carbonyl (C=O) groups excluding carboxylic acids is 3. The molecule has 7 heteroatoms. The number of carbonyl (C=O) groups is 3. The van der Waals surface area contributed by atoms with Gasteiger partial charge < -0.3 is 14.8 Å². The summed E-state index contributed by atoms with van der Waals surface area (Å²) >= 11 is 0. The van der Waals surface area contributed by atoms with Crippen molar-refractivity contribution in [3.63, 3.8) is 0 Å². The quantitative estimate of drug-likeness (QED) is 0.632. The Labute approximate surface area is 159 Å². The Kier molecular flexibility index (Phi) is 5.39. The number of nitrogens with zero attached hydrogens (tertiary/aromatic N) is 1. The van der Waals surface area contributed by atoms with Crippen LogP contribution >= 0.6 is 0 Å². The predicted molar refractivity (Wildman–Crippen MR) is 98.1 cm³/mol. The topological polar surface area (TPSA) is 84.9 Å². The predicted octanol–water partition coefficient (Wildman–Crippen LogP) is 2.55. The number of aryl methyl sites for hydroxylation is 1. The van der Waals surface area contributed by atoms with Crippen LogP contribution in [0.3, 0.4) is 0 Å². The first-order valence-electron chi connectivity index (χ1n) is 9.30. The maximum Gasteiger partial charge on any atom is 0.326 e. The van der Waals surface area contributed by atoms with E-state index in [9.17, 15) is 14.4 Å². The van der Waals surface area contributed by atoms with Gasteiger partial charge >= 0.3 is 12.0 Å². The van der Waals surface area contributed by atoms with Crippen LogP contribution in [0.15, 0.2) is 18.2 Å². The first-order chi connectivity index (χ1) is 12.9. The fraction of sp³-hybridized carbons (Fsp3) is 0.550. The number of rotatable bonds is 5. The molecule has 0 radical (unpaired) electrons. The molecule has 2 fully saturated rings. The second-order valence-corrected chi connectivity index (χ2v) is 7.42. The number of amides is 3. The second-order valence-electron chi connectivity index (χ2n) is 7.42. The lowest BCUT2D eigenvalue weighted by Crippen LogP contribution is -2.54. The van der Waals surface area contributed by atoms with E-state index in [1.54, 1.807) is 7.11 Å². The average molecular weight is 374 g/mol. The van der Waals surface area contributed by atoms with E-state index >= 15 is 0 Å². The highest BCUT2D eigenvalue weighted by Crippen LogP contribution is 2.38. The zero-order valence-corrected chi connectivity index (χ0v) is 16.0. The third-order valence-corrected chi connectivity index (χ3v) is 5.61. The van der Waals surface area contributed by atoms with Crippen LogP contribution < -0.4 is 10.1 Å². The van der Waals surface area contributed by atoms with Gasteiger partial charge in [-0.1, -0.05) is 31.4 Å². The van der Waals surface area contributed by atoms with E-state index < -0.39 is 17.5 Å². The third kappa shape index (κ3) is 3.63. The maximum absolute atomic E-state index is 12.9. The number of esters is 1. The molecule has 1 spiro atoms. The lowest BCUT2D eigenvalue weighted by molar-refractivity contribution is -0.149. The van der Waals surface area contributed by atoms with Crippen molar-refractivity contribution in [3.05, 3.63) is 29.3 Å². The number of imide groups is 1. The lowest BCUT2D eigenvalue weighted by atomic mass is 9.73. The van der Waals surface area contributed by atoms with Gasteiger partial charge in [-0.25, -0.2) is 4.79 Å². The van der Waals surface area contributed by atoms with Crippen molar-refractivity contribution in [1.82, 2.24) is 10.2 Å². The van der Waals surface area contributed by atoms with Crippen LogP contribution in [0.2, 0.25) is 0 Å². The molecule has 1 N–H and O–H groups in total. The van der Waals surface area contributed by atoms with Crippen molar-refractivity contribution in [1.29, 1.82) is 0 Å². The number of hydrogen-bond donors (Lipinski definition) is 1. The Morgan fingerprint density at radius 2 is 2.11 bits per heavy atom. The zero-order valence-electron chi connectivity index (χ0n) is 16.0. The van der Waals surface area contributed by atoms with Crippen LogP contribution in [0.4, 0.5) is 4.79 Å². The van der Waals surface area contributed by atoms with Crippen LogP contribution in [0.25, 0.3) is 0 Å². The molecular formula is C20H26N2O5. The van der Waals surface area contributed by atoms with Gasteiger partial charge in [0.25, 0.3) is 5.91 Å². The third-order valence-electron chi connectivity index (χ3n) is 5.61. The number of nitrogens with one attached hydrogen (secondary N) is 1. The van der Waals surface area contributed by atoms with Crippen molar-refractivity contribution in [2.45, 2.75) is 51.7 Å². The van der Waals surface area contributed by atoms with Gasteiger partial charge in [0.05, 0.1) is 7.11 Å². The Bertz CT molecular complexity index is 763. The van der Waals surface area contributed by atoms with Crippen LogP contribution in [-0.2, 0) is 20.9 Å². The molecule has 1 aliphatic carbocycles. The molecule has 0 bridgehead atoms. The summed E-state index contributed by atoms with van der Waals surface area (Å²) in [7, 11) is 1.55. The molecular weight excluding hydrogens is 348 g/mol. The van der Waals surface area contributed by atoms with E-state index in [0.29, 0.717) is 12.2 Å². The maximum atomic E-state index is 12.9. The first-order valence-corrected chi connectivity index (χ1v) is 9.30. The van der Waals surface area contributed by atoms with Gasteiger partial charge in [0.1, 0.15) is 24.4 Å². The number of ether oxygens (including phenoxy) is 2. The standard InChI is InChI=1S/C20H26N2O5/c1-13-7-8-16(26-3)15(10-13)12-27-17(23)11-22-18(24)20(21-19(22)25)9-5-4-6-14(20)2/h7-8,10,14H,4-6,9,11-12H2,1-3H3,(H,21,25). The van der Waals surface area contributed by atoms with Gasteiger partial charge in [-0.15, -0.1) is 0 Å². The molecule has 1 saturated carbocycles. The molecule has 1 aromatic rings. The zero-order chi connectivity index (χ0) is 19.6. The van der Waals surface area contributed by atoms with Crippen molar-refractivity contribution < 1.29 is 23.9 Å². The van der Waals surface area contributed by atoms with Gasteiger partial charge in [0, 0.05) is 5.56 Å². The minimum absolute atomic E-state index is 0.0227. The number of hydrogen-bond acceptors (Lipinski definition) is 5. The largest absolute Gasteiger partial charge is 0.496 e. The fourth-order valence-electron chi connectivity index (χ4n) is 3.99. The van der Waals surface area contributed by atoms with Crippen LogP contribution in [0.1, 0.15) is 43.7 Å². The highest BCUT2D eigenvalue weighted by atomic mass is 16.5.